The highest BCUT2D eigenvalue weighted by Crippen LogP contribution is 2.39. The number of anilines is 2. The first-order chi connectivity index (χ1) is 16.1. The van der Waals surface area contributed by atoms with E-state index in [0.717, 1.165) is 32.1 Å². The SMILES string of the molecule is Nc1ccnc(CN2c3cccc(Cl)c3CN(S(=O)(=O)C(F)(F)F)C[C@@H]2CCC2CCCC2)c1. The Hall–Kier alpha value is -2.04. The first kappa shape index (κ1) is 25.1. The largest absolute Gasteiger partial charge is 0.511 e. The van der Waals surface area contributed by atoms with E-state index < -0.39 is 28.1 Å². The third-order valence-corrected chi connectivity index (χ3v) is 8.68. The van der Waals surface area contributed by atoms with E-state index in [-0.39, 0.29) is 18.1 Å². The van der Waals surface area contributed by atoms with Gasteiger partial charge >= 0.3 is 15.5 Å². The summed E-state index contributed by atoms with van der Waals surface area (Å²) in [6.45, 7) is -0.465. The van der Waals surface area contributed by atoms with Crippen molar-refractivity contribution in [2.75, 3.05) is 17.2 Å². The first-order valence-electron chi connectivity index (χ1n) is 11.4. The predicted molar refractivity (Wildman–Crippen MR) is 127 cm³/mol. The molecule has 0 bridgehead atoms. The minimum atomic E-state index is -5.54. The summed E-state index contributed by atoms with van der Waals surface area (Å²) in [6, 6.07) is 7.96. The molecule has 1 atom stereocenters. The van der Waals surface area contributed by atoms with Gasteiger partial charge in [0.05, 0.1) is 12.2 Å². The molecule has 186 valence electrons. The van der Waals surface area contributed by atoms with Crippen LogP contribution in [0.5, 0.6) is 0 Å². The monoisotopic (exact) mass is 516 g/mol. The lowest BCUT2D eigenvalue weighted by atomic mass is 9.97. The molecule has 1 aromatic heterocycles. The van der Waals surface area contributed by atoms with E-state index in [2.05, 4.69) is 4.98 Å². The van der Waals surface area contributed by atoms with Gasteiger partial charge in [-0.05, 0) is 43.0 Å². The van der Waals surface area contributed by atoms with Crippen molar-refractivity contribution in [2.24, 2.45) is 5.92 Å². The number of alkyl halides is 3. The van der Waals surface area contributed by atoms with E-state index >= 15 is 0 Å². The Labute approximate surface area is 202 Å². The lowest BCUT2D eigenvalue weighted by molar-refractivity contribution is -0.0492. The van der Waals surface area contributed by atoms with Crippen LogP contribution in [0.15, 0.2) is 36.5 Å². The van der Waals surface area contributed by atoms with Crippen LogP contribution in [0.3, 0.4) is 0 Å². The number of nitrogen functional groups attached to an aromatic ring is 1. The lowest BCUT2D eigenvalue weighted by Gasteiger charge is -2.34. The molecular formula is C23H28ClF3N4O2S. The molecule has 2 N–H and O–H groups in total. The fourth-order valence-corrected chi connectivity index (χ4v) is 6.21. The maximum atomic E-state index is 13.6. The summed E-state index contributed by atoms with van der Waals surface area (Å²) in [4.78, 5) is 6.32. The molecule has 0 saturated heterocycles. The van der Waals surface area contributed by atoms with Crippen molar-refractivity contribution in [3.05, 3.63) is 52.8 Å². The molecule has 34 heavy (non-hydrogen) atoms. The summed E-state index contributed by atoms with van der Waals surface area (Å²) in [5.74, 6) is 0.502. The number of halogens is 4. The summed E-state index contributed by atoms with van der Waals surface area (Å²) in [6.07, 6.45) is 7.45. The van der Waals surface area contributed by atoms with Crippen molar-refractivity contribution >= 4 is 33.0 Å². The van der Waals surface area contributed by atoms with Gasteiger partial charge in [0.1, 0.15) is 0 Å². The highest BCUT2D eigenvalue weighted by Gasteiger charge is 2.51. The minimum absolute atomic E-state index is 0.224. The second-order valence-corrected chi connectivity index (χ2v) is 11.4. The summed E-state index contributed by atoms with van der Waals surface area (Å²) in [5, 5.41) is 0.224. The normalized spacial score (nSPS) is 20.4. The van der Waals surface area contributed by atoms with Crippen LogP contribution in [0.4, 0.5) is 24.5 Å². The second kappa shape index (κ2) is 9.91. The zero-order chi connectivity index (χ0) is 24.5. The van der Waals surface area contributed by atoms with Crippen LogP contribution in [-0.4, -0.2) is 35.8 Å². The Balaban J connectivity index is 1.76. The van der Waals surface area contributed by atoms with Gasteiger partial charge in [0.25, 0.3) is 0 Å². The predicted octanol–water partition coefficient (Wildman–Crippen LogP) is 5.33. The first-order valence-corrected chi connectivity index (χ1v) is 13.2. The van der Waals surface area contributed by atoms with Crippen LogP contribution in [0.1, 0.15) is 49.8 Å². The van der Waals surface area contributed by atoms with E-state index in [0.29, 0.717) is 39.3 Å². The number of rotatable bonds is 6. The third kappa shape index (κ3) is 5.28. The average molecular weight is 517 g/mol. The number of aromatic nitrogens is 1. The van der Waals surface area contributed by atoms with E-state index in [1.54, 1.807) is 36.5 Å². The lowest BCUT2D eigenvalue weighted by Crippen LogP contribution is -2.47. The Kier molecular flexibility index (Phi) is 7.30. The molecule has 0 spiro atoms. The molecule has 2 aliphatic rings. The number of fused-ring (bicyclic) bond motifs is 1. The standard InChI is InChI=1S/C23H28ClF3N4O2S/c24-21-6-3-7-22-20(21)15-30(34(32,33)23(25,26)27)14-19(9-8-16-4-1-2-5-16)31(22)13-18-12-17(28)10-11-29-18/h3,6-7,10-12,16,19H,1-2,4-5,8-9,13-15H2,(H2,28,29)/t19-/m0/s1. The molecule has 0 radical (unpaired) electrons. The van der Waals surface area contributed by atoms with Gasteiger partial charge in [-0.1, -0.05) is 43.4 Å². The Morgan fingerprint density at radius 1 is 1.15 bits per heavy atom. The number of hydrogen-bond acceptors (Lipinski definition) is 5. The highest BCUT2D eigenvalue weighted by molar-refractivity contribution is 7.89. The van der Waals surface area contributed by atoms with Crippen LogP contribution in [0.25, 0.3) is 0 Å². The Bertz CT molecular complexity index is 1120. The number of sulfonamides is 1. The number of hydrogen-bond donors (Lipinski definition) is 1. The van der Waals surface area contributed by atoms with Crippen molar-refractivity contribution in [1.29, 1.82) is 0 Å². The number of nitrogens with zero attached hydrogens (tertiary/aromatic N) is 3. The van der Waals surface area contributed by atoms with Crippen molar-refractivity contribution in [1.82, 2.24) is 9.29 Å². The summed E-state index contributed by atoms with van der Waals surface area (Å²) >= 11 is 6.40. The van der Waals surface area contributed by atoms with Crippen LogP contribution >= 0.6 is 11.6 Å². The molecule has 6 nitrogen and oxygen atoms in total. The highest BCUT2D eigenvalue weighted by atomic mass is 35.5. The number of nitrogens with two attached hydrogens (primary N) is 1. The van der Waals surface area contributed by atoms with E-state index in [1.165, 1.54) is 0 Å². The average Bonchev–Trinajstić information content (AvgIpc) is 3.23. The van der Waals surface area contributed by atoms with Crippen molar-refractivity contribution < 1.29 is 21.6 Å². The topological polar surface area (TPSA) is 79.5 Å². The fraction of sp³-hybridized carbons (Fsp3) is 0.522. The van der Waals surface area contributed by atoms with Gasteiger partial charge in [0, 0.05) is 47.3 Å². The minimum Gasteiger partial charge on any atom is -0.399 e. The maximum Gasteiger partial charge on any atom is 0.511 e. The molecule has 4 rings (SSSR count). The Morgan fingerprint density at radius 3 is 2.56 bits per heavy atom. The quantitative estimate of drug-likeness (QED) is 0.561. The molecule has 11 heteroatoms. The molecule has 2 heterocycles. The van der Waals surface area contributed by atoms with Gasteiger partial charge in [-0.15, -0.1) is 0 Å². The number of pyridine rings is 1. The molecule has 2 aromatic rings. The van der Waals surface area contributed by atoms with Crippen molar-refractivity contribution in [3.8, 4) is 0 Å². The van der Waals surface area contributed by atoms with Crippen LogP contribution in [-0.2, 0) is 23.1 Å². The van der Waals surface area contributed by atoms with Gasteiger partial charge in [0.15, 0.2) is 0 Å². The van der Waals surface area contributed by atoms with Gasteiger partial charge in [0.2, 0.25) is 0 Å². The summed E-state index contributed by atoms with van der Waals surface area (Å²) < 4.78 is 66.3. The van der Waals surface area contributed by atoms with Crippen molar-refractivity contribution in [3.63, 3.8) is 0 Å². The van der Waals surface area contributed by atoms with Crippen LogP contribution in [0.2, 0.25) is 5.02 Å². The molecule has 0 amide bonds. The van der Waals surface area contributed by atoms with Gasteiger partial charge in [-0.2, -0.15) is 17.5 Å². The fourth-order valence-electron chi connectivity index (χ4n) is 5.02. The zero-order valence-corrected chi connectivity index (χ0v) is 20.2. The summed E-state index contributed by atoms with van der Waals surface area (Å²) in [7, 11) is -5.54. The van der Waals surface area contributed by atoms with E-state index in [1.807, 2.05) is 4.90 Å². The third-order valence-electron chi connectivity index (χ3n) is 6.78. The van der Waals surface area contributed by atoms with E-state index in [4.69, 9.17) is 17.3 Å². The smallest absolute Gasteiger partial charge is 0.399 e. The van der Waals surface area contributed by atoms with Gasteiger partial charge in [-0.25, -0.2) is 8.42 Å². The second-order valence-electron chi connectivity index (χ2n) is 9.07. The molecule has 1 aliphatic heterocycles. The van der Waals surface area contributed by atoms with Gasteiger partial charge < -0.3 is 10.6 Å². The van der Waals surface area contributed by atoms with E-state index in [9.17, 15) is 21.6 Å². The zero-order valence-electron chi connectivity index (χ0n) is 18.6. The molecule has 1 fully saturated rings. The Morgan fingerprint density at radius 2 is 1.88 bits per heavy atom. The summed E-state index contributed by atoms with van der Waals surface area (Å²) in [5.41, 5.74) is 2.67. The number of benzene rings is 1. The molecule has 1 aliphatic carbocycles. The molecule has 1 aromatic carbocycles. The van der Waals surface area contributed by atoms with Gasteiger partial charge in [-0.3, -0.25) is 4.98 Å². The molecular weight excluding hydrogens is 489 g/mol. The van der Waals surface area contributed by atoms with Crippen LogP contribution < -0.4 is 10.6 Å². The molecule has 1 saturated carbocycles. The van der Waals surface area contributed by atoms with Crippen LogP contribution in [0, 0.1) is 5.92 Å². The van der Waals surface area contributed by atoms with Crippen molar-refractivity contribution in [2.45, 2.75) is 63.2 Å². The maximum absolute atomic E-state index is 13.6. The molecule has 0 unspecified atom stereocenters.